The van der Waals surface area contributed by atoms with Gasteiger partial charge in [-0.25, -0.2) is 9.97 Å². The van der Waals surface area contributed by atoms with E-state index in [9.17, 15) is 0 Å². The molecule has 0 atom stereocenters. The van der Waals surface area contributed by atoms with Gasteiger partial charge in [-0.1, -0.05) is 30.1 Å². The molecule has 0 radical (unpaired) electrons. The average molecular weight is 327 g/mol. The van der Waals surface area contributed by atoms with Gasteiger partial charge in [-0.3, -0.25) is 0 Å². The summed E-state index contributed by atoms with van der Waals surface area (Å²) in [6.45, 7) is 3.93. The van der Waals surface area contributed by atoms with Crippen LogP contribution >= 0.6 is 23.2 Å². The Hall–Kier alpha value is -1.52. The van der Waals surface area contributed by atoms with Crippen LogP contribution in [0.15, 0.2) is 12.1 Å². The zero-order valence-electron chi connectivity index (χ0n) is 12.3. The number of methoxy groups -OCH3 is 2. The lowest BCUT2D eigenvalue weighted by Gasteiger charge is -2.12. The number of rotatable bonds is 4. The minimum absolute atomic E-state index is 0.435. The summed E-state index contributed by atoms with van der Waals surface area (Å²) in [6, 6.07) is 3.52. The van der Waals surface area contributed by atoms with Crippen LogP contribution in [0.3, 0.4) is 0 Å². The van der Waals surface area contributed by atoms with E-state index >= 15 is 0 Å². The van der Waals surface area contributed by atoms with Crippen LogP contribution < -0.4 is 9.47 Å². The first-order valence-electron chi connectivity index (χ1n) is 6.46. The van der Waals surface area contributed by atoms with E-state index in [1.54, 1.807) is 19.2 Å². The number of aryl methyl sites for hydroxylation is 1. The minimum atomic E-state index is 0.435. The van der Waals surface area contributed by atoms with E-state index in [0.717, 1.165) is 23.2 Å². The minimum Gasteiger partial charge on any atom is -0.493 e. The molecular formula is C15H16Cl2N2O2. The van der Waals surface area contributed by atoms with Crippen molar-refractivity contribution in [3.05, 3.63) is 33.6 Å². The molecule has 6 heteroatoms. The first-order valence-corrected chi connectivity index (χ1v) is 7.22. The third-order valence-corrected chi connectivity index (χ3v) is 3.86. The predicted octanol–water partition coefficient (Wildman–Crippen LogP) is 4.34. The molecule has 0 unspecified atom stereocenters. The summed E-state index contributed by atoms with van der Waals surface area (Å²) in [5, 5.41) is 0.882. The Morgan fingerprint density at radius 2 is 1.81 bits per heavy atom. The SMILES string of the molecule is CCc1nc(-c2cc(Cl)c(OC)c(OC)c2)nc(Cl)c1C. The molecular weight excluding hydrogens is 311 g/mol. The molecule has 1 heterocycles. The van der Waals surface area contributed by atoms with Gasteiger partial charge in [0.1, 0.15) is 5.15 Å². The summed E-state index contributed by atoms with van der Waals surface area (Å²) >= 11 is 12.4. The zero-order chi connectivity index (χ0) is 15.6. The van der Waals surface area contributed by atoms with E-state index < -0.39 is 0 Å². The van der Waals surface area contributed by atoms with Crippen molar-refractivity contribution in [2.24, 2.45) is 0 Å². The summed E-state index contributed by atoms with van der Waals surface area (Å²) < 4.78 is 10.5. The quantitative estimate of drug-likeness (QED) is 0.784. The second-order valence-corrected chi connectivity index (χ2v) is 5.22. The van der Waals surface area contributed by atoms with Gasteiger partial charge in [0.25, 0.3) is 0 Å². The Bertz CT molecular complexity index is 675. The van der Waals surface area contributed by atoms with E-state index in [-0.39, 0.29) is 0 Å². The number of benzene rings is 1. The summed E-state index contributed by atoms with van der Waals surface area (Å²) in [7, 11) is 3.09. The number of aromatic nitrogens is 2. The third-order valence-electron chi connectivity index (χ3n) is 3.21. The monoisotopic (exact) mass is 326 g/mol. The fourth-order valence-electron chi connectivity index (χ4n) is 2.05. The lowest BCUT2D eigenvalue weighted by Crippen LogP contribution is -2.00. The van der Waals surface area contributed by atoms with Crippen LogP contribution in [0.1, 0.15) is 18.2 Å². The Morgan fingerprint density at radius 1 is 1.10 bits per heavy atom. The van der Waals surface area contributed by atoms with E-state index in [0.29, 0.717) is 27.5 Å². The first kappa shape index (κ1) is 15.9. The maximum Gasteiger partial charge on any atom is 0.179 e. The van der Waals surface area contributed by atoms with Crippen LogP contribution in [-0.4, -0.2) is 24.2 Å². The maximum atomic E-state index is 6.21. The van der Waals surface area contributed by atoms with Crippen molar-refractivity contribution in [1.29, 1.82) is 0 Å². The van der Waals surface area contributed by atoms with Gasteiger partial charge in [0.2, 0.25) is 0 Å². The summed E-state index contributed by atoms with van der Waals surface area (Å²) in [5.41, 5.74) is 2.54. The van der Waals surface area contributed by atoms with E-state index in [1.807, 2.05) is 13.8 Å². The highest BCUT2D eigenvalue weighted by molar-refractivity contribution is 6.32. The Kier molecular flexibility index (Phi) is 4.91. The number of halogens is 2. The lowest BCUT2D eigenvalue weighted by atomic mass is 10.1. The number of hydrogen-bond acceptors (Lipinski definition) is 4. The van der Waals surface area contributed by atoms with Crippen LogP contribution in [0.25, 0.3) is 11.4 Å². The topological polar surface area (TPSA) is 44.2 Å². The van der Waals surface area contributed by atoms with Gasteiger partial charge in [-0.15, -0.1) is 0 Å². The molecule has 0 saturated heterocycles. The van der Waals surface area contributed by atoms with Gasteiger partial charge in [0, 0.05) is 16.8 Å². The Balaban J connectivity index is 2.62. The molecule has 0 spiro atoms. The van der Waals surface area contributed by atoms with Gasteiger partial charge in [0.05, 0.1) is 19.2 Å². The molecule has 0 saturated carbocycles. The molecule has 0 fully saturated rings. The molecule has 0 aliphatic heterocycles. The molecule has 2 aromatic rings. The van der Waals surface area contributed by atoms with Crippen LogP contribution in [0.2, 0.25) is 10.2 Å². The normalized spacial score (nSPS) is 10.6. The summed E-state index contributed by atoms with van der Waals surface area (Å²) in [5.74, 6) is 1.53. The molecule has 0 aliphatic carbocycles. The summed E-state index contributed by atoms with van der Waals surface area (Å²) in [6.07, 6.45) is 0.780. The van der Waals surface area contributed by atoms with Crippen LogP contribution in [0.4, 0.5) is 0 Å². The fraction of sp³-hybridized carbons (Fsp3) is 0.333. The number of nitrogens with zero attached hydrogens (tertiary/aromatic N) is 2. The smallest absolute Gasteiger partial charge is 0.179 e. The molecule has 0 N–H and O–H groups in total. The van der Waals surface area contributed by atoms with Crippen molar-refractivity contribution < 1.29 is 9.47 Å². The van der Waals surface area contributed by atoms with Crippen molar-refractivity contribution in [1.82, 2.24) is 9.97 Å². The van der Waals surface area contributed by atoms with Crippen molar-refractivity contribution in [2.45, 2.75) is 20.3 Å². The van der Waals surface area contributed by atoms with Crippen molar-refractivity contribution in [3.63, 3.8) is 0 Å². The second kappa shape index (κ2) is 6.50. The standard InChI is InChI=1S/C15H16Cl2N2O2/c1-5-11-8(2)14(17)19-15(18-11)9-6-10(16)13(21-4)12(7-9)20-3/h6-7H,5H2,1-4H3. The molecule has 1 aromatic heterocycles. The Labute approximate surface area is 134 Å². The van der Waals surface area contributed by atoms with E-state index in [4.69, 9.17) is 32.7 Å². The Morgan fingerprint density at radius 3 is 2.38 bits per heavy atom. The molecule has 1 aromatic carbocycles. The van der Waals surface area contributed by atoms with Crippen molar-refractivity contribution in [3.8, 4) is 22.9 Å². The predicted molar refractivity (Wildman–Crippen MR) is 84.7 cm³/mol. The van der Waals surface area contributed by atoms with E-state index in [2.05, 4.69) is 9.97 Å². The van der Waals surface area contributed by atoms with E-state index in [1.165, 1.54) is 7.11 Å². The molecule has 2 rings (SSSR count). The van der Waals surface area contributed by atoms with Gasteiger partial charge in [-0.2, -0.15) is 0 Å². The lowest BCUT2D eigenvalue weighted by molar-refractivity contribution is 0.355. The largest absolute Gasteiger partial charge is 0.493 e. The van der Waals surface area contributed by atoms with Crippen LogP contribution in [0, 0.1) is 6.92 Å². The molecule has 0 aliphatic rings. The highest BCUT2D eigenvalue weighted by atomic mass is 35.5. The van der Waals surface area contributed by atoms with Crippen LogP contribution in [-0.2, 0) is 6.42 Å². The van der Waals surface area contributed by atoms with Gasteiger partial charge in [-0.05, 0) is 25.5 Å². The molecule has 112 valence electrons. The number of ether oxygens (including phenoxy) is 2. The van der Waals surface area contributed by atoms with Gasteiger partial charge in [0.15, 0.2) is 17.3 Å². The highest BCUT2D eigenvalue weighted by Gasteiger charge is 2.15. The molecule has 0 bridgehead atoms. The van der Waals surface area contributed by atoms with Crippen LogP contribution in [0.5, 0.6) is 11.5 Å². The first-order chi connectivity index (χ1) is 10.0. The molecule has 0 amide bonds. The van der Waals surface area contributed by atoms with Gasteiger partial charge < -0.3 is 9.47 Å². The number of hydrogen-bond donors (Lipinski definition) is 0. The van der Waals surface area contributed by atoms with Crippen molar-refractivity contribution in [2.75, 3.05) is 14.2 Å². The average Bonchev–Trinajstić information content (AvgIpc) is 2.48. The van der Waals surface area contributed by atoms with Crippen molar-refractivity contribution >= 4 is 23.2 Å². The maximum absolute atomic E-state index is 6.21. The highest BCUT2D eigenvalue weighted by Crippen LogP contribution is 2.38. The van der Waals surface area contributed by atoms with Gasteiger partial charge >= 0.3 is 0 Å². The fourth-order valence-corrected chi connectivity index (χ4v) is 2.53. The second-order valence-electron chi connectivity index (χ2n) is 4.46. The molecule has 4 nitrogen and oxygen atoms in total. The summed E-state index contributed by atoms with van der Waals surface area (Å²) in [4.78, 5) is 8.87. The molecule has 21 heavy (non-hydrogen) atoms. The third kappa shape index (κ3) is 3.06. The zero-order valence-corrected chi connectivity index (χ0v) is 13.8.